The van der Waals surface area contributed by atoms with Gasteiger partial charge in [0.05, 0.1) is 11.4 Å². The van der Waals surface area contributed by atoms with Crippen LogP contribution in [0.4, 0.5) is 34.1 Å². The van der Waals surface area contributed by atoms with Gasteiger partial charge < -0.3 is 14.8 Å². The molecule has 1 aromatic heterocycles. The van der Waals surface area contributed by atoms with Gasteiger partial charge in [0.2, 0.25) is 0 Å². The van der Waals surface area contributed by atoms with E-state index < -0.39 is 0 Å². The zero-order valence-corrected chi connectivity index (χ0v) is 26.5. The number of H-pyrrole nitrogens is 1. The molecule has 0 spiro atoms. The van der Waals surface area contributed by atoms with Crippen molar-refractivity contribution in [1.82, 2.24) is 4.98 Å². The Morgan fingerprint density at radius 1 is 0.511 bits per heavy atom. The van der Waals surface area contributed by atoms with Crippen LogP contribution in [0.2, 0.25) is 0 Å². The first-order chi connectivity index (χ1) is 21.8. The predicted molar refractivity (Wildman–Crippen MR) is 192 cm³/mol. The first-order valence-corrected chi connectivity index (χ1v) is 15.8. The maximum absolute atomic E-state index is 3.61. The van der Waals surface area contributed by atoms with Gasteiger partial charge in [0, 0.05) is 50.0 Å². The van der Waals surface area contributed by atoms with Gasteiger partial charge in [-0.2, -0.15) is 0 Å². The Bertz CT molecular complexity index is 2170. The van der Waals surface area contributed by atoms with Crippen molar-refractivity contribution < 1.29 is 0 Å². The smallest absolute Gasteiger partial charge is 0.0502 e. The number of benzene rings is 6. The fourth-order valence-electron chi connectivity index (χ4n) is 7.36. The molecule has 0 amide bonds. The van der Waals surface area contributed by atoms with Gasteiger partial charge in [-0.15, -0.1) is 0 Å². The zero-order chi connectivity index (χ0) is 30.9. The van der Waals surface area contributed by atoms with Crippen LogP contribution in [0.25, 0.3) is 21.8 Å². The molecule has 45 heavy (non-hydrogen) atoms. The van der Waals surface area contributed by atoms with E-state index in [1.54, 1.807) is 0 Å². The molecule has 3 heteroatoms. The SMILES string of the molecule is Cc1cc(C)cc(N(c2ccc(N3c4ccccc4C(C)(C)c4ccccc43)cc2)c2ccc3[nH]c4ccc(C)cc4c3c2)c1. The standard InChI is InChI=1S/C42H37N3/c1-27-14-20-38-34(25-27)35-26-32(19-21-39(35)43-38)44(33-23-28(2)22-29(3)24-33)30-15-17-31(18-16-30)45-40-12-8-6-10-36(40)42(4,5)37-11-7-9-13-41(37)45/h6-26,43H,1-5H3. The molecule has 0 radical (unpaired) electrons. The minimum absolute atomic E-state index is 0.0803. The Hall–Kier alpha value is -5.28. The van der Waals surface area contributed by atoms with Crippen molar-refractivity contribution in [3.63, 3.8) is 0 Å². The molecule has 0 aliphatic carbocycles. The van der Waals surface area contributed by atoms with E-state index in [9.17, 15) is 0 Å². The number of nitrogens with zero attached hydrogens (tertiary/aromatic N) is 2. The molecule has 0 unspecified atom stereocenters. The molecule has 0 fully saturated rings. The predicted octanol–water partition coefficient (Wildman–Crippen LogP) is 11.8. The fraction of sp³-hybridized carbons (Fsp3) is 0.143. The third-order valence-corrected chi connectivity index (χ3v) is 9.46. The molecule has 2 heterocycles. The van der Waals surface area contributed by atoms with E-state index >= 15 is 0 Å². The highest BCUT2D eigenvalue weighted by Crippen LogP contribution is 2.52. The van der Waals surface area contributed by atoms with Crippen molar-refractivity contribution in [2.24, 2.45) is 0 Å². The summed E-state index contributed by atoms with van der Waals surface area (Å²) in [5.41, 5.74) is 15.7. The van der Waals surface area contributed by atoms with Crippen molar-refractivity contribution in [3.8, 4) is 0 Å². The second kappa shape index (κ2) is 10.1. The number of aromatic amines is 1. The molecule has 3 nitrogen and oxygen atoms in total. The molecule has 7 aromatic rings. The first kappa shape index (κ1) is 27.3. The van der Waals surface area contributed by atoms with Crippen molar-refractivity contribution in [2.75, 3.05) is 9.80 Å². The Morgan fingerprint density at radius 2 is 1.07 bits per heavy atom. The van der Waals surface area contributed by atoms with Crippen LogP contribution in [0.1, 0.15) is 41.7 Å². The number of anilines is 6. The van der Waals surface area contributed by atoms with Gasteiger partial charge in [0.25, 0.3) is 0 Å². The number of hydrogen-bond acceptors (Lipinski definition) is 2. The summed E-state index contributed by atoms with van der Waals surface area (Å²) in [6, 6.07) is 46.9. The van der Waals surface area contributed by atoms with E-state index in [0.717, 1.165) is 28.3 Å². The van der Waals surface area contributed by atoms with Crippen molar-refractivity contribution in [3.05, 3.63) is 155 Å². The Kier molecular flexibility index (Phi) is 6.15. The van der Waals surface area contributed by atoms with Crippen molar-refractivity contribution in [1.29, 1.82) is 0 Å². The van der Waals surface area contributed by atoms with E-state index in [1.807, 2.05) is 0 Å². The van der Waals surface area contributed by atoms with Crippen molar-refractivity contribution in [2.45, 2.75) is 40.0 Å². The summed E-state index contributed by atoms with van der Waals surface area (Å²) in [5.74, 6) is 0. The van der Waals surface area contributed by atoms with Gasteiger partial charge in [0.1, 0.15) is 0 Å². The second-order valence-electron chi connectivity index (χ2n) is 13.1. The van der Waals surface area contributed by atoms with Crippen LogP contribution in [0.15, 0.2) is 127 Å². The Morgan fingerprint density at radius 3 is 1.71 bits per heavy atom. The number of fused-ring (bicyclic) bond motifs is 5. The summed E-state index contributed by atoms with van der Waals surface area (Å²) in [7, 11) is 0. The third-order valence-electron chi connectivity index (χ3n) is 9.46. The van der Waals surface area contributed by atoms with E-state index in [-0.39, 0.29) is 5.41 Å². The normalized spacial score (nSPS) is 13.6. The molecular weight excluding hydrogens is 546 g/mol. The number of aromatic nitrogens is 1. The van der Waals surface area contributed by atoms with E-state index in [2.05, 4.69) is 177 Å². The number of nitrogens with one attached hydrogen (secondary N) is 1. The van der Waals surface area contributed by atoms with Gasteiger partial charge in [-0.05, 0) is 122 Å². The van der Waals surface area contributed by atoms with Crippen LogP contribution >= 0.6 is 0 Å². The van der Waals surface area contributed by atoms with E-state index in [0.29, 0.717) is 0 Å². The topological polar surface area (TPSA) is 22.3 Å². The van der Waals surface area contributed by atoms with Gasteiger partial charge in [0.15, 0.2) is 0 Å². The monoisotopic (exact) mass is 583 g/mol. The van der Waals surface area contributed by atoms with Crippen LogP contribution in [-0.4, -0.2) is 4.98 Å². The molecule has 1 N–H and O–H groups in total. The quantitative estimate of drug-likeness (QED) is 0.223. The number of aryl methyl sites for hydroxylation is 3. The minimum atomic E-state index is -0.0803. The number of para-hydroxylation sites is 2. The second-order valence-corrected chi connectivity index (χ2v) is 13.1. The van der Waals surface area contributed by atoms with Gasteiger partial charge in [-0.1, -0.05) is 67.9 Å². The highest BCUT2D eigenvalue weighted by Gasteiger charge is 2.36. The molecule has 1 aliphatic heterocycles. The summed E-state index contributed by atoms with van der Waals surface area (Å²) in [6.45, 7) is 11.2. The summed E-state index contributed by atoms with van der Waals surface area (Å²) >= 11 is 0. The lowest BCUT2D eigenvalue weighted by Gasteiger charge is -2.42. The largest absolute Gasteiger partial charge is 0.355 e. The third kappa shape index (κ3) is 4.42. The molecule has 220 valence electrons. The number of rotatable bonds is 4. The summed E-state index contributed by atoms with van der Waals surface area (Å²) in [4.78, 5) is 8.42. The molecule has 0 atom stereocenters. The Balaban J connectivity index is 1.28. The molecule has 0 bridgehead atoms. The fourth-order valence-corrected chi connectivity index (χ4v) is 7.36. The molecular formula is C42H37N3. The first-order valence-electron chi connectivity index (χ1n) is 15.8. The van der Waals surface area contributed by atoms with Crippen LogP contribution < -0.4 is 9.80 Å². The Labute approximate surface area is 265 Å². The van der Waals surface area contributed by atoms with E-state index in [1.165, 1.54) is 55.5 Å². The lowest BCUT2D eigenvalue weighted by molar-refractivity contribution is 0.632. The molecule has 1 aliphatic rings. The van der Waals surface area contributed by atoms with Crippen LogP contribution in [0.3, 0.4) is 0 Å². The van der Waals surface area contributed by atoms with Gasteiger partial charge in [-0.3, -0.25) is 0 Å². The van der Waals surface area contributed by atoms with Gasteiger partial charge in [-0.25, -0.2) is 0 Å². The maximum Gasteiger partial charge on any atom is 0.0502 e. The lowest BCUT2D eigenvalue weighted by atomic mass is 9.73. The average Bonchev–Trinajstić information content (AvgIpc) is 3.39. The minimum Gasteiger partial charge on any atom is -0.355 e. The van der Waals surface area contributed by atoms with Crippen LogP contribution in [-0.2, 0) is 5.41 Å². The molecule has 8 rings (SSSR count). The highest BCUT2D eigenvalue weighted by molar-refractivity contribution is 6.09. The van der Waals surface area contributed by atoms with E-state index in [4.69, 9.17) is 0 Å². The summed E-state index contributed by atoms with van der Waals surface area (Å²) in [6.07, 6.45) is 0. The zero-order valence-electron chi connectivity index (χ0n) is 26.5. The maximum atomic E-state index is 3.61. The lowest BCUT2D eigenvalue weighted by Crippen LogP contribution is -2.30. The number of hydrogen-bond donors (Lipinski definition) is 1. The summed E-state index contributed by atoms with van der Waals surface area (Å²) < 4.78 is 0. The average molecular weight is 584 g/mol. The van der Waals surface area contributed by atoms with Crippen LogP contribution in [0, 0.1) is 20.8 Å². The molecule has 0 saturated carbocycles. The highest BCUT2D eigenvalue weighted by atomic mass is 15.2. The molecule has 0 saturated heterocycles. The molecule has 6 aromatic carbocycles. The van der Waals surface area contributed by atoms with Crippen LogP contribution in [0.5, 0.6) is 0 Å². The summed E-state index contributed by atoms with van der Waals surface area (Å²) in [5, 5.41) is 2.49. The van der Waals surface area contributed by atoms with Crippen molar-refractivity contribution >= 4 is 55.9 Å². The van der Waals surface area contributed by atoms with Gasteiger partial charge >= 0.3 is 0 Å².